The SMILES string of the molecule is CC.Cc1ccc(-n2nccn2)c(C(=O)N2CCC[C@@H](Oc3ncccc3C)C2)c1. The molecule has 1 amide bonds. The zero-order valence-electron chi connectivity index (χ0n) is 18.1. The van der Waals surface area contributed by atoms with Gasteiger partial charge in [-0.3, -0.25) is 4.79 Å². The Kier molecular flexibility index (Phi) is 7.17. The van der Waals surface area contributed by atoms with E-state index in [-0.39, 0.29) is 12.0 Å². The Balaban J connectivity index is 0.00000124. The molecule has 30 heavy (non-hydrogen) atoms. The summed E-state index contributed by atoms with van der Waals surface area (Å²) < 4.78 is 6.09. The largest absolute Gasteiger partial charge is 0.472 e. The summed E-state index contributed by atoms with van der Waals surface area (Å²) >= 11 is 0. The van der Waals surface area contributed by atoms with Crippen molar-refractivity contribution in [3.8, 4) is 11.6 Å². The number of benzene rings is 1. The number of carbonyl (C=O) groups is 1. The zero-order chi connectivity index (χ0) is 21.5. The second-order valence-electron chi connectivity index (χ2n) is 7.10. The Hall–Kier alpha value is -3.22. The molecule has 0 saturated carbocycles. The molecule has 2 aromatic heterocycles. The highest BCUT2D eigenvalue weighted by Crippen LogP contribution is 2.23. The van der Waals surface area contributed by atoms with Crippen LogP contribution in [0.5, 0.6) is 5.88 Å². The summed E-state index contributed by atoms with van der Waals surface area (Å²) in [6.07, 6.45) is 6.67. The molecule has 1 aliphatic heterocycles. The first-order valence-electron chi connectivity index (χ1n) is 10.5. The van der Waals surface area contributed by atoms with Crippen LogP contribution in [0.15, 0.2) is 48.9 Å². The van der Waals surface area contributed by atoms with Crippen molar-refractivity contribution in [3.05, 3.63) is 65.6 Å². The summed E-state index contributed by atoms with van der Waals surface area (Å²) in [5.41, 5.74) is 3.31. The van der Waals surface area contributed by atoms with Crippen molar-refractivity contribution in [3.63, 3.8) is 0 Å². The van der Waals surface area contributed by atoms with Crippen molar-refractivity contribution < 1.29 is 9.53 Å². The van der Waals surface area contributed by atoms with Crippen molar-refractivity contribution in [1.82, 2.24) is 24.9 Å². The zero-order valence-corrected chi connectivity index (χ0v) is 18.1. The number of aromatic nitrogens is 4. The van der Waals surface area contributed by atoms with Gasteiger partial charge in [-0.1, -0.05) is 31.5 Å². The van der Waals surface area contributed by atoms with Gasteiger partial charge in [-0.2, -0.15) is 15.0 Å². The Morgan fingerprint density at radius 2 is 1.87 bits per heavy atom. The summed E-state index contributed by atoms with van der Waals surface area (Å²) in [7, 11) is 0. The van der Waals surface area contributed by atoms with Gasteiger partial charge >= 0.3 is 0 Å². The number of carbonyl (C=O) groups excluding carboxylic acids is 1. The van der Waals surface area contributed by atoms with Gasteiger partial charge in [0.05, 0.1) is 30.2 Å². The number of aryl methyl sites for hydroxylation is 2. The topological polar surface area (TPSA) is 73.1 Å². The normalized spacial score (nSPS) is 15.9. The molecule has 0 spiro atoms. The Morgan fingerprint density at radius 1 is 1.10 bits per heavy atom. The average Bonchev–Trinajstić information content (AvgIpc) is 3.31. The maximum Gasteiger partial charge on any atom is 0.256 e. The first-order valence-corrected chi connectivity index (χ1v) is 10.5. The molecule has 4 rings (SSSR count). The third-order valence-corrected chi connectivity index (χ3v) is 4.92. The molecule has 7 heteroatoms. The fourth-order valence-corrected chi connectivity index (χ4v) is 3.48. The monoisotopic (exact) mass is 407 g/mol. The second kappa shape index (κ2) is 10.0. The minimum atomic E-state index is -0.0672. The van der Waals surface area contributed by atoms with E-state index in [1.165, 1.54) is 4.80 Å². The van der Waals surface area contributed by atoms with Gasteiger partial charge in [0.15, 0.2) is 0 Å². The molecule has 0 aliphatic carbocycles. The number of piperidine rings is 1. The van der Waals surface area contributed by atoms with E-state index in [2.05, 4.69) is 15.2 Å². The van der Waals surface area contributed by atoms with E-state index in [4.69, 9.17) is 4.74 Å². The molecule has 0 unspecified atom stereocenters. The average molecular weight is 408 g/mol. The molecule has 1 atom stereocenters. The number of hydrogen-bond acceptors (Lipinski definition) is 5. The van der Waals surface area contributed by atoms with Gasteiger partial charge in [-0.25, -0.2) is 4.98 Å². The lowest BCUT2D eigenvalue weighted by Gasteiger charge is -2.33. The molecule has 0 radical (unpaired) electrons. The molecular formula is C23H29N5O2. The van der Waals surface area contributed by atoms with Crippen LogP contribution in [0.1, 0.15) is 48.2 Å². The number of ether oxygens (including phenoxy) is 1. The van der Waals surface area contributed by atoms with Crippen LogP contribution in [0.4, 0.5) is 0 Å². The van der Waals surface area contributed by atoms with E-state index in [0.717, 1.165) is 24.0 Å². The van der Waals surface area contributed by atoms with Crippen molar-refractivity contribution in [2.75, 3.05) is 13.1 Å². The quantitative estimate of drug-likeness (QED) is 0.654. The van der Waals surface area contributed by atoms with Crippen molar-refractivity contribution in [2.24, 2.45) is 0 Å². The van der Waals surface area contributed by atoms with Crippen LogP contribution in [0.3, 0.4) is 0 Å². The number of nitrogens with zero attached hydrogens (tertiary/aromatic N) is 5. The van der Waals surface area contributed by atoms with Crippen LogP contribution < -0.4 is 4.74 Å². The molecule has 1 aliphatic rings. The van der Waals surface area contributed by atoms with Gasteiger partial charge in [0.1, 0.15) is 6.10 Å². The Morgan fingerprint density at radius 3 is 2.60 bits per heavy atom. The standard InChI is InChI=1S/C21H23N5O2.C2H6/c1-15-7-8-19(26-23-10-11-24-26)18(13-15)21(27)25-12-4-6-17(14-25)28-20-16(2)5-3-9-22-20;1-2/h3,5,7-11,13,17H,4,6,12,14H2,1-2H3;1-2H3/t17-;/m1./s1. The highest BCUT2D eigenvalue weighted by atomic mass is 16.5. The molecule has 7 nitrogen and oxygen atoms in total. The van der Waals surface area contributed by atoms with E-state index in [9.17, 15) is 4.79 Å². The molecule has 0 N–H and O–H groups in total. The van der Waals surface area contributed by atoms with E-state index in [1.807, 2.05) is 62.9 Å². The van der Waals surface area contributed by atoms with E-state index in [1.54, 1.807) is 18.6 Å². The van der Waals surface area contributed by atoms with Gasteiger partial charge in [0.2, 0.25) is 5.88 Å². The first-order chi connectivity index (χ1) is 14.6. The highest BCUT2D eigenvalue weighted by molar-refractivity contribution is 5.98. The van der Waals surface area contributed by atoms with E-state index >= 15 is 0 Å². The molecule has 0 bridgehead atoms. The third-order valence-electron chi connectivity index (χ3n) is 4.92. The molecule has 1 fully saturated rings. The molecular weight excluding hydrogens is 378 g/mol. The molecule has 3 aromatic rings. The Bertz CT molecular complexity index is 971. The van der Waals surface area contributed by atoms with Gasteiger partial charge in [0.25, 0.3) is 5.91 Å². The predicted octanol–water partition coefficient (Wildman–Crippen LogP) is 3.99. The summed E-state index contributed by atoms with van der Waals surface area (Å²) in [6, 6.07) is 9.61. The fourth-order valence-electron chi connectivity index (χ4n) is 3.48. The predicted molar refractivity (Wildman–Crippen MR) is 116 cm³/mol. The summed E-state index contributed by atoms with van der Waals surface area (Å²) in [6.45, 7) is 9.20. The minimum absolute atomic E-state index is 0.0259. The first kappa shape index (κ1) is 21.5. The van der Waals surface area contributed by atoms with E-state index in [0.29, 0.717) is 30.2 Å². The highest BCUT2D eigenvalue weighted by Gasteiger charge is 2.28. The molecule has 1 saturated heterocycles. The van der Waals surface area contributed by atoms with Gasteiger partial charge in [-0.15, -0.1) is 0 Å². The number of likely N-dealkylation sites (tertiary alicyclic amines) is 1. The third kappa shape index (κ3) is 4.84. The van der Waals surface area contributed by atoms with Gasteiger partial charge < -0.3 is 9.64 Å². The van der Waals surface area contributed by atoms with Gasteiger partial charge in [0, 0.05) is 18.3 Å². The lowest BCUT2D eigenvalue weighted by atomic mass is 10.0. The van der Waals surface area contributed by atoms with Crippen LogP contribution in [-0.2, 0) is 0 Å². The number of amides is 1. The van der Waals surface area contributed by atoms with Crippen LogP contribution in [0.25, 0.3) is 5.69 Å². The van der Waals surface area contributed by atoms with Crippen molar-refractivity contribution in [2.45, 2.75) is 46.6 Å². The lowest BCUT2D eigenvalue weighted by molar-refractivity contribution is 0.0526. The maximum atomic E-state index is 13.3. The maximum absolute atomic E-state index is 13.3. The lowest BCUT2D eigenvalue weighted by Crippen LogP contribution is -2.44. The van der Waals surface area contributed by atoms with Crippen LogP contribution in [0.2, 0.25) is 0 Å². The summed E-state index contributed by atoms with van der Waals surface area (Å²) in [5, 5.41) is 8.37. The number of rotatable bonds is 4. The smallest absolute Gasteiger partial charge is 0.256 e. The van der Waals surface area contributed by atoms with Crippen LogP contribution >= 0.6 is 0 Å². The number of hydrogen-bond donors (Lipinski definition) is 0. The minimum Gasteiger partial charge on any atom is -0.472 e. The van der Waals surface area contributed by atoms with Crippen molar-refractivity contribution >= 4 is 5.91 Å². The molecule has 3 heterocycles. The number of pyridine rings is 1. The second-order valence-corrected chi connectivity index (χ2v) is 7.10. The van der Waals surface area contributed by atoms with Crippen LogP contribution in [0, 0.1) is 13.8 Å². The van der Waals surface area contributed by atoms with Crippen molar-refractivity contribution in [1.29, 1.82) is 0 Å². The molecule has 158 valence electrons. The fraction of sp³-hybridized carbons (Fsp3) is 0.391. The molecule has 1 aromatic carbocycles. The summed E-state index contributed by atoms with van der Waals surface area (Å²) in [4.78, 5) is 21.0. The Labute approximate surface area is 177 Å². The summed E-state index contributed by atoms with van der Waals surface area (Å²) in [5.74, 6) is 0.612. The van der Waals surface area contributed by atoms with Crippen LogP contribution in [-0.4, -0.2) is 50.0 Å². The van der Waals surface area contributed by atoms with Gasteiger partial charge in [-0.05, 0) is 44.9 Å². The van der Waals surface area contributed by atoms with E-state index < -0.39 is 0 Å².